The molecule has 1 aliphatic heterocycles. The summed E-state index contributed by atoms with van der Waals surface area (Å²) in [5.41, 5.74) is 5.62. The van der Waals surface area contributed by atoms with Gasteiger partial charge in [-0.1, -0.05) is 0 Å². The van der Waals surface area contributed by atoms with Crippen molar-refractivity contribution in [1.82, 2.24) is 15.0 Å². The van der Waals surface area contributed by atoms with Crippen LogP contribution in [0, 0.1) is 5.92 Å². The molecule has 7 heteroatoms. The highest BCUT2D eigenvalue weighted by atomic mass is 16.5. The van der Waals surface area contributed by atoms with Crippen LogP contribution >= 0.6 is 0 Å². The maximum atomic E-state index is 9.72. The van der Waals surface area contributed by atoms with E-state index >= 15 is 0 Å². The van der Waals surface area contributed by atoms with Crippen LogP contribution in [0.3, 0.4) is 0 Å². The largest absolute Gasteiger partial charge is 0.497 e. The van der Waals surface area contributed by atoms with Crippen molar-refractivity contribution in [2.45, 2.75) is 25.4 Å². The van der Waals surface area contributed by atoms with Crippen molar-refractivity contribution < 1.29 is 9.84 Å². The zero-order chi connectivity index (χ0) is 21.4. The summed E-state index contributed by atoms with van der Waals surface area (Å²) in [7, 11) is 3.62. The minimum Gasteiger partial charge on any atom is -0.497 e. The number of aliphatic hydroxyl groups excluding tert-OH is 1. The molecule has 1 unspecified atom stereocenters. The number of fused-ring (bicyclic) bond motifs is 1. The third kappa shape index (κ3) is 4.18. The first-order chi connectivity index (χ1) is 15.1. The van der Waals surface area contributed by atoms with Crippen LogP contribution in [0.15, 0.2) is 47.7 Å². The number of aliphatic hydroxyl groups is 1. The second kappa shape index (κ2) is 8.15. The maximum absolute atomic E-state index is 9.72. The van der Waals surface area contributed by atoms with Gasteiger partial charge in [0, 0.05) is 50.0 Å². The number of anilines is 2. The van der Waals surface area contributed by atoms with Crippen molar-refractivity contribution in [1.29, 1.82) is 0 Å². The Morgan fingerprint density at radius 1 is 1.13 bits per heavy atom. The van der Waals surface area contributed by atoms with Gasteiger partial charge in [0.2, 0.25) is 0 Å². The Bertz CT molecular complexity index is 1110. The molecule has 1 fully saturated rings. The number of benzene rings is 2. The predicted octanol–water partition coefficient (Wildman–Crippen LogP) is 3.69. The average molecular weight is 418 g/mol. The lowest BCUT2D eigenvalue weighted by molar-refractivity contribution is 0.281. The van der Waals surface area contributed by atoms with Crippen molar-refractivity contribution in [2.24, 2.45) is 11.0 Å². The molecule has 0 spiro atoms. The maximum Gasteiger partial charge on any atom is 0.121 e. The third-order valence-electron chi connectivity index (χ3n) is 5.96. The first kappa shape index (κ1) is 19.8. The Labute approximate surface area is 182 Å². The molecule has 7 nitrogen and oxygen atoms in total. The number of nitrogens with zero attached hydrogens (tertiary/aromatic N) is 5. The summed E-state index contributed by atoms with van der Waals surface area (Å²) >= 11 is 0. The molecular weight excluding hydrogens is 390 g/mol. The Balaban J connectivity index is 1.54. The SMILES string of the molecule is COc1cc(CO)cc(N(CC2CC2)c2ccc3ncc(C4C=NN(C)C4)nc3c2)c1. The van der Waals surface area contributed by atoms with Gasteiger partial charge in [-0.3, -0.25) is 9.99 Å². The molecule has 1 saturated carbocycles. The van der Waals surface area contributed by atoms with Gasteiger partial charge in [0.15, 0.2) is 0 Å². The van der Waals surface area contributed by atoms with Crippen LogP contribution in [-0.2, 0) is 6.61 Å². The van der Waals surface area contributed by atoms with Gasteiger partial charge in [-0.15, -0.1) is 0 Å². The van der Waals surface area contributed by atoms with E-state index in [1.165, 1.54) is 12.8 Å². The Morgan fingerprint density at radius 3 is 2.71 bits per heavy atom. The molecule has 1 aromatic heterocycles. The highest BCUT2D eigenvalue weighted by molar-refractivity contribution is 5.81. The van der Waals surface area contributed by atoms with E-state index in [2.05, 4.69) is 27.1 Å². The molecule has 1 N–H and O–H groups in total. The van der Waals surface area contributed by atoms with Gasteiger partial charge in [0.05, 0.1) is 36.4 Å². The fraction of sp³-hybridized carbons (Fsp3) is 0.375. The average Bonchev–Trinajstić information content (AvgIpc) is 3.53. The number of methoxy groups -OCH3 is 1. The fourth-order valence-electron chi connectivity index (χ4n) is 4.03. The van der Waals surface area contributed by atoms with Crippen LogP contribution in [0.25, 0.3) is 11.0 Å². The van der Waals surface area contributed by atoms with Crippen LogP contribution in [0.4, 0.5) is 11.4 Å². The van der Waals surface area contributed by atoms with Crippen LogP contribution in [-0.4, -0.2) is 53.5 Å². The Morgan fingerprint density at radius 2 is 2.00 bits per heavy atom. The number of hydrogen-bond acceptors (Lipinski definition) is 7. The molecule has 1 aliphatic carbocycles. The molecule has 1 atom stereocenters. The van der Waals surface area contributed by atoms with Gasteiger partial charge < -0.3 is 14.7 Å². The van der Waals surface area contributed by atoms with Gasteiger partial charge in [-0.05, 0) is 54.7 Å². The molecule has 2 aliphatic rings. The smallest absolute Gasteiger partial charge is 0.121 e. The molecule has 160 valence electrons. The standard InChI is InChI=1S/C24H27N5O2/c1-28-14-18(11-26-28)24-12-25-22-6-5-19(10-23(22)27-24)29(13-16-3-4-16)20-7-17(15-30)8-21(9-20)31-2/h5-12,16,18,30H,3-4,13-15H2,1-2H3. The number of likely N-dealkylation sites (N-methyl/N-ethyl adjacent to an activating group) is 1. The minimum absolute atomic E-state index is 0.0224. The molecular formula is C24H27N5O2. The molecule has 2 heterocycles. The second-order valence-corrected chi connectivity index (χ2v) is 8.43. The first-order valence-corrected chi connectivity index (χ1v) is 10.7. The summed E-state index contributed by atoms with van der Waals surface area (Å²) in [4.78, 5) is 11.9. The highest BCUT2D eigenvalue weighted by Gasteiger charge is 2.26. The normalized spacial score (nSPS) is 18.0. The molecule has 5 rings (SSSR count). The summed E-state index contributed by atoms with van der Waals surface area (Å²) in [6, 6.07) is 12.2. The lowest BCUT2D eigenvalue weighted by atomic mass is 10.1. The van der Waals surface area contributed by atoms with E-state index < -0.39 is 0 Å². The minimum atomic E-state index is -0.0224. The van der Waals surface area contributed by atoms with Crippen LogP contribution in [0.2, 0.25) is 0 Å². The molecule has 0 radical (unpaired) electrons. The van der Waals surface area contributed by atoms with Gasteiger partial charge >= 0.3 is 0 Å². The first-order valence-electron chi connectivity index (χ1n) is 10.7. The number of rotatable bonds is 7. The van der Waals surface area contributed by atoms with Crippen molar-refractivity contribution in [3.8, 4) is 5.75 Å². The fourth-order valence-corrected chi connectivity index (χ4v) is 4.03. The lowest BCUT2D eigenvalue weighted by Crippen LogP contribution is -2.20. The van der Waals surface area contributed by atoms with Gasteiger partial charge in [-0.25, -0.2) is 4.98 Å². The quantitative estimate of drug-likeness (QED) is 0.632. The predicted molar refractivity (Wildman–Crippen MR) is 122 cm³/mol. The molecule has 0 saturated heterocycles. The summed E-state index contributed by atoms with van der Waals surface area (Å²) < 4.78 is 5.48. The van der Waals surface area contributed by atoms with E-state index in [1.54, 1.807) is 7.11 Å². The van der Waals surface area contributed by atoms with Crippen molar-refractivity contribution >= 4 is 28.6 Å². The summed E-state index contributed by atoms with van der Waals surface area (Å²) in [5.74, 6) is 1.59. The van der Waals surface area contributed by atoms with E-state index in [9.17, 15) is 5.11 Å². The number of hydrazone groups is 1. The summed E-state index contributed by atoms with van der Waals surface area (Å²) in [6.45, 7) is 1.73. The van der Waals surface area contributed by atoms with Gasteiger partial charge in [-0.2, -0.15) is 5.10 Å². The summed E-state index contributed by atoms with van der Waals surface area (Å²) in [6.07, 6.45) is 6.29. The monoisotopic (exact) mass is 417 g/mol. The van der Waals surface area contributed by atoms with E-state index in [-0.39, 0.29) is 12.5 Å². The molecule has 3 aromatic rings. The topological polar surface area (TPSA) is 74.1 Å². The van der Waals surface area contributed by atoms with Crippen molar-refractivity contribution in [3.05, 3.63) is 53.9 Å². The van der Waals surface area contributed by atoms with Crippen molar-refractivity contribution in [3.63, 3.8) is 0 Å². The molecule has 2 aromatic carbocycles. The van der Waals surface area contributed by atoms with Crippen LogP contribution in [0.5, 0.6) is 5.75 Å². The second-order valence-electron chi connectivity index (χ2n) is 8.43. The zero-order valence-corrected chi connectivity index (χ0v) is 17.9. The number of aromatic nitrogens is 2. The third-order valence-corrected chi connectivity index (χ3v) is 5.96. The van der Waals surface area contributed by atoms with Gasteiger partial charge in [0.25, 0.3) is 0 Å². The van der Waals surface area contributed by atoms with Crippen molar-refractivity contribution in [2.75, 3.05) is 32.1 Å². The zero-order valence-electron chi connectivity index (χ0n) is 17.9. The highest BCUT2D eigenvalue weighted by Crippen LogP contribution is 2.37. The number of hydrogen-bond donors (Lipinski definition) is 1. The van der Waals surface area contributed by atoms with E-state index in [4.69, 9.17) is 9.72 Å². The summed E-state index contributed by atoms with van der Waals surface area (Å²) in [5, 5.41) is 16.0. The van der Waals surface area contributed by atoms with Gasteiger partial charge in [0.1, 0.15) is 5.75 Å². The molecule has 31 heavy (non-hydrogen) atoms. The van der Waals surface area contributed by atoms with Crippen LogP contribution < -0.4 is 9.64 Å². The Hall–Kier alpha value is -3.19. The molecule has 0 amide bonds. The van der Waals surface area contributed by atoms with Crippen LogP contribution in [0.1, 0.15) is 30.0 Å². The van der Waals surface area contributed by atoms with E-state index in [0.717, 1.165) is 52.5 Å². The molecule has 0 bridgehead atoms. The lowest BCUT2D eigenvalue weighted by Gasteiger charge is -2.26. The van der Waals surface area contributed by atoms with E-state index in [0.29, 0.717) is 5.92 Å². The number of ether oxygens (including phenoxy) is 1. The van der Waals surface area contributed by atoms with E-state index in [1.807, 2.05) is 48.7 Å². The Kier molecular flexibility index (Phi) is 5.19.